The summed E-state index contributed by atoms with van der Waals surface area (Å²) in [5, 5.41) is 8.37. The molecule has 2 aromatic heterocycles. The number of esters is 1. The summed E-state index contributed by atoms with van der Waals surface area (Å²) in [4.78, 5) is 21.8. The molecule has 4 aliphatic rings. The summed E-state index contributed by atoms with van der Waals surface area (Å²) in [6.07, 6.45) is 8.65. The van der Waals surface area contributed by atoms with Crippen LogP contribution in [-0.2, 0) is 14.3 Å². The van der Waals surface area contributed by atoms with Crippen LogP contribution in [0.3, 0.4) is 0 Å². The van der Waals surface area contributed by atoms with Gasteiger partial charge in [0.15, 0.2) is 0 Å². The Kier molecular flexibility index (Phi) is 7.88. The van der Waals surface area contributed by atoms with Crippen molar-refractivity contribution in [3.63, 3.8) is 0 Å². The Hall–Kier alpha value is -3.25. The number of ether oxygens (including phenoxy) is 3. The number of hydrogen-bond acceptors (Lipinski definition) is 9. The van der Waals surface area contributed by atoms with Crippen LogP contribution in [0.15, 0.2) is 24.4 Å². The summed E-state index contributed by atoms with van der Waals surface area (Å²) in [6.45, 7) is 4.29. The molecule has 216 valence electrons. The van der Waals surface area contributed by atoms with E-state index in [0.29, 0.717) is 23.5 Å². The van der Waals surface area contributed by atoms with Crippen LogP contribution in [-0.4, -0.2) is 95.2 Å². The van der Waals surface area contributed by atoms with E-state index in [-0.39, 0.29) is 18.5 Å². The van der Waals surface area contributed by atoms with E-state index < -0.39 is 12.7 Å². The zero-order valence-electron chi connectivity index (χ0n) is 22.7. The average molecular weight is 559 g/mol. The Bertz CT molecular complexity index is 1240. The topological polar surface area (TPSA) is 94.0 Å². The van der Waals surface area contributed by atoms with E-state index in [0.717, 1.165) is 88.5 Å². The summed E-state index contributed by atoms with van der Waals surface area (Å²) in [5.74, 6) is 0.384. The van der Waals surface area contributed by atoms with Crippen molar-refractivity contribution >= 4 is 17.5 Å². The minimum atomic E-state index is -2.99. The first-order valence-corrected chi connectivity index (χ1v) is 14.3. The number of hydrogen-bond donors (Lipinski definition) is 1. The van der Waals surface area contributed by atoms with Crippen LogP contribution in [0.1, 0.15) is 56.2 Å². The second-order valence-corrected chi connectivity index (χ2v) is 10.7. The number of carbonyl (C=O) groups excluding carboxylic acids is 1. The summed E-state index contributed by atoms with van der Waals surface area (Å²) in [5.41, 5.74) is 3.45. The van der Waals surface area contributed by atoms with Gasteiger partial charge in [0, 0.05) is 56.1 Å². The molecule has 3 aliphatic heterocycles. The van der Waals surface area contributed by atoms with Crippen molar-refractivity contribution in [2.75, 3.05) is 51.3 Å². The number of nitrogens with one attached hydrogen (secondary N) is 1. The van der Waals surface area contributed by atoms with E-state index in [4.69, 9.17) is 14.6 Å². The SMILES string of the molecule is CCOC(=O)C1C=C(N2CCC(N3CCOCC3)CC2)c2c(C3CCC3)nn(-c3ccnc(OC(F)F)c3)c2N1. The molecule has 1 N–H and O–H groups in total. The molecule has 1 atom stereocenters. The number of likely N-dealkylation sites (tertiary alicyclic amines) is 1. The number of morpholine rings is 1. The number of anilines is 1. The van der Waals surface area contributed by atoms with E-state index in [2.05, 4.69) is 24.8 Å². The van der Waals surface area contributed by atoms with Crippen LogP contribution >= 0.6 is 0 Å². The first kappa shape index (κ1) is 26.9. The number of rotatable bonds is 8. The van der Waals surface area contributed by atoms with Gasteiger partial charge in [-0.25, -0.2) is 14.5 Å². The molecule has 1 saturated carbocycles. The highest BCUT2D eigenvalue weighted by Crippen LogP contribution is 2.45. The predicted octanol–water partition coefficient (Wildman–Crippen LogP) is 3.63. The van der Waals surface area contributed by atoms with E-state index in [1.807, 2.05) is 6.08 Å². The van der Waals surface area contributed by atoms with Gasteiger partial charge in [-0.05, 0) is 44.7 Å². The van der Waals surface area contributed by atoms with Gasteiger partial charge in [0.2, 0.25) is 5.88 Å². The number of nitrogens with zero attached hydrogens (tertiary/aromatic N) is 5. The van der Waals surface area contributed by atoms with E-state index >= 15 is 0 Å². The number of halogens is 2. The molecule has 0 bridgehead atoms. The van der Waals surface area contributed by atoms with Gasteiger partial charge in [-0.1, -0.05) is 6.42 Å². The van der Waals surface area contributed by atoms with Gasteiger partial charge in [0.1, 0.15) is 11.9 Å². The standard InChI is InChI=1S/C28H36F2N6O4/c1-2-39-27(37)21-17-22(35-10-7-19(8-11-35)34-12-14-38-15-13-34)24-25(18-4-3-5-18)33-36(26(24)32-21)20-6-9-31-23(16-20)40-28(29)30/h6,9,16-19,21,28,32H,2-5,7-8,10-15H2,1H3. The first-order valence-electron chi connectivity index (χ1n) is 14.3. The number of fused-ring (bicyclic) bond motifs is 1. The molecular weight excluding hydrogens is 522 g/mol. The molecule has 6 rings (SSSR count). The molecule has 2 aromatic rings. The lowest BCUT2D eigenvalue weighted by molar-refractivity contribution is -0.142. The van der Waals surface area contributed by atoms with Gasteiger partial charge in [-0.2, -0.15) is 13.9 Å². The van der Waals surface area contributed by atoms with Crippen molar-refractivity contribution in [2.24, 2.45) is 0 Å². The van der Waals surface area contributed by atoms with Gasteiger partial charge < -0.3 is 24.4 Å². The molecule has 0 aromatic carbocycles. The van der Waals surface area contributed by atoms with Crippen molar-refractivity contribution < 1.29 is 27.8 Å². The zero-order chi connectivity index (χ0) is 27.6. The molecule has 0 radical (unpaired) electrons. The number of pyridine rings is 1. The second kappa shape index (κ2) is 11.7. The fourth-order valence-corrected chi connectivity index (χ4v) is 6.13. The quantitative estimate of drug-likeness (QED) is 0.488. The highest BCUT2D eigenvalue weighted by Gasteiger charge is 2.38. The van der Waals surface area contributed by atoms with Crippen molar-refractivity contribution in [3.8, 4) is 11.6 Å². The van der Waals surface area contributed by atoms with Crippen LogP contribution in [0.4, 0.5) is 14.6 Å². The third kappa shape index (κ3) is 5.38. The molecule has 10 nitrogen and oxygen atoms in total. The molecule has 3 fully saturated rings. The summed E-state index contributed by atoms with van der Waals surface area (Å²) in [7, 11) is 0. The van der Waals surface area contributed by atoms with Gasteiger partial charge >= 0.3 is 12.6 Å². The highest BCUT2D eigenvalue weighted by atomic mass is 19.3. The number of carbonyl (C=O) groups is 1. The maximum atomic E-state index is 13.0. The monoisotopic (exact) mass is 558 g/mol. The lowest BCUT2D eigenvalue weighted by atomic mass is 9.80. The maximum Gasteiger partial charge on any atom is 0.388 e. The van der Waals surface area contributed by atoms with Gasteiger partial charge in [-0.15, -0.1) is 0 Å². The third-order valence-electron chi connectivity index (χ3n) is 8.36. The second-order valence-electron chi connectivity index (χ2n) is 10.7. The minimum Gasteiger partial charge on any atom is -0.464 e. The molecule has 40 heavy (non-hydrogen) atoms. The maximum absolute atomic E-state index is 13.0. The molecule has 5 heterocycles. The largest absolute Gasteiger partial charge is 0.464 e. The Morgan fingerprint density at radius 3 is 2.62 bits per heavy atom. The Morgan fingerprint density at radius 2 is 1.95 bits per heavy atom. The van der Waals surface area contributed by atoms with E-state index in [1.54, 1.807) is 17.7 Å². The predicted molar refractivity (Wildman–Crippen MR) is 144 cm³/mol. The van der Waals surface area contributed by atoms with Crippen molar-refractivity contribution in [2.45, 2.75) is 63.6 Å². The van der Waals surface area contributed by atoms with E-state index in [1.165, 1.54) is 12.3 Å². The Morgan fingerprint density at radius 1 is 1.18 bits per heavy atom. The highest BCUT2D eigenvalue weighted by molar-refractivity contribution is 5.90. The van der Waals surface area contributed by atoms with Gasteiger partial charge in [0.25, 0.3) is 0 Å². The summed E-state index contributed by atoms with van der Waals surface area (Å²) < 4.78 is 43.1. The van der Waals surface area contributed by atoms with E-state index in [9.17, 15) is 13.6 Å². The van der Waals surface area contributed by atoms with Gasteiger partial charge in [0.05, 0.1) is 36.8 Å². The molecular formula is C28H36F2N6O4. The van der Waals surface area contributed by atoms with Gasteiger partial charge in [-0.3, -0.25) is 4.90 Å². The molecule has 12 heteroatoms. The lowest BCUT2D eigenvalue weighted by Crippen LogP contribution is -2.49. The fraction of sp³-hybridized carbons (Fsp3) is 0.607. The number of alkyl halides is 2. The van der Waals surface area contributed by atoms with Crippen molar-refractivity contribution in [1.82, 2.24) is 24.6 Å². The number of aromatic nitrogens is 3. The lowest BCUT2D eigenvalue weighted by Gasteiger charge is -2.42. The minimum absolute atomic E-state index is 0.194. The van der Waals surface area contributed by atoms with Crippen LogP contribution in [0.25, 0.3) is 11.4 Å². The van der Waals surface area contributed by atoms with Crippen LogP contribution in [0, 0.1) is 0 Å². The first-order chi connectivity index (χ1) is 19.5. The van der Waals surface area contributed by atoms with Crippen LogP contribution in [0.5, 0.6) is 5.88 Å². The zero-order valence-corrected chi connectivity index (χ0v) is 22.7. The molecule has 0 spiro atoms. The van der Waals surface area contributed by atoms with Crippen LogP contribution < -0.4 is 10.1 Å². The molecule has 0 amide bonds. The number of piperidine rings is 1. The molecule has 1 unspecified atom stereocenters. The Labute approximate surface area is 232 Å². The molecule has 2 saturated heterocycles. The summed E-state index contributed by atoms with van der Waals surface area (Å²) >= 11 is 0. The fourth-order valence-electron chi connectivity index (χ4n) is 6.13. The Balaban J connectivity index is 1.37. The average Bonchev–Trinajstić information content (AvgIpc) is 3.31. The van der Waals surface area contributed by atoms with Crippen LogP contribution in [0.2, 0.25) is 0 Å². The molecule has 1 aliphatic carbocycles. The normalized spacial score (nSPS) is 22.4. The third-order valence-corrected chi connectivity index (χ3v) is 8.36. The summed E-state index contributed by atoms with van der Waals surface area (Å²) in [6, 6.07) is 2.95. The smallest absolute Gasteiger partial charge is 0.388 e. The van der Waals surface area contributed by atoms with Crippen molar-refractivity contribution in [1.29, 1.82) is 0 Å². The van der Waals surface area contributed by atoms with Crippen molar-refractivity contribution in [3.05, 3.63) is 35.7 Å².